The van der Waals surface area contributed by atoms with E-state index in [0.717, 1.165) is 31.4 Å². The normalized spacial score (nSPS) is 19.9. The smallest absolute Gasteiger partial charge is 0.317 e. The molecule has 1 aliphatic heterocycles. The van der Waals surface area contributed by atoms with Gasteiger partial charge >= 0.3 is 80.4 Å². The van der Waals surface area contributed by atoms with Crippen LogP contribution in [0.1, 0.15) is 44.9 Å². The summed E-state index contributed by atoms with van der Waals surface area (Å²) in [7, 11) is -26.0. The van der Waals surface area contributed by atoms with Crippen molar-refractivity contribution < 1.29 is 61.0 Å². The van der Waals surface area contributed by atoms with Gasteiger partial charge in [0.1, 0.15) is 11.6 Å². The Kier molecular flexibility index (Phi) is 19.0. The molecule has 0 bridgehead atoms. The third kappa shape index (κ3) is 21.7. The van der Waals surface area contributed by atoms with Crippen LogP contribution in [0, 0.1) is 11.8 Å². The van der Waals surface area contributed by atoms with Crippen LogP contribution in [0.4, 0.5) is 0 Å². The van der Waals surface area contributed by atoms with E-state index in [1.165, 1.54) is 0 Å². The summed E-state index contributed by atoms with van der Waals surface area (Å²) in [5.74, 6) is -1.16. The average molecular weight is 1010 g/mol. The number of esters is 2. The first-order chi connectivity index (χ1) is 26.1. The van der Waals surface area contributed by atoms with Crippen molar-refractivity contribution in [3.8, 4) is 0 Å². The summed E-state index contributed by atoms with van der Waals surface area (Å²) in [5, 5.41) is 0. The van der Waals surface area contributed by atoms with Crippen molar-refractivity contribution in [3.05, 3.63) is 0 Å². The van der Waals surface area contributed by atoms with Gasteiger partial charge in [-0.3, -0.25) is 19.2 Å². The van der Waals surface area contributed by atoms with E-state index in [1.807, 2.05) is 65.5 Å². The first-order valence-corrected chi connectivity index (χ1v) is 50.0. The molecule has 14 nitrogen and oxygen atoms in total. The molecule has 1 heterocycles. The highest BCUT2D eigenvalue weighted by Crippen LogP contribution is 2.33. The van der Waals surface area contributed by atoms with Gasteiger partial charge in [0.25, 0.3) is 0 Å². The number of hydrogen-bond acceptors (Lipinski definition) is 14. The molecule has 0 N–H and O–H groups in total. The van der Waals surface area contributed by atoms with Crippen LogP contribution in [0.25, 0.3) is 0 Å². The Morgan fingerprint density at radius 2 is 0.712 bits per heavy atom. The molecular weight excluding hydrogens is 925 g/mol. The molecule has 2 atom stereocenters. The van der Waals surface area contributed by atoms with E-state index in [1.54, 1.807) is 0 Å². The zero-order valence-corrected chi connectivity index (χ0v) is 50.2. The molecule has 2 unspecified atom stereocenters. The summed E-state index contributed by atoms with van der Waals surface area (Å²) in [4.78, 5) is 47.2. The molecule has 344 valence electrons. The summed E-state index contributed by atoms with van der Waals surface area (Å²) in [5.41, 5.74) is 0. The van der Waals surface area contributed by atoms with Crippen LogP contribution in [0.15, 0.2) is 0 Å². The number of carbonyl (C=O) groups is 4. The lowest BCUT2D eigenvalue weighted by atomic mass is 10.0. The highest BCUT2D eigenvalue weighted by Gasteiger charge is 2.51. The number of cyclic esters (lactones) is 2. The van der Waals surface area contributed by atoms with E-state index in [2.05, 4.69) is 65.5 Å². The van der Waals surface area contributed by atoms with E-state index >= 15 is 0 Å². The number of hydrogen-bond donors (Lipinski definition) is 0. The minimum Gasteiger partial charge on any atom is -0.436 e. The van der Waals surface area contributed by atoms with Crippen LogP contribution >= 0.6 is 0 Å². The molecule has 1 aliphatic carbocycles. The summed E-state index contributed by atoms with van der Waals surface area (Å²) in [6.07, 6.45) is 3.67. The van der Waals surface area contributed by atoms with Gasteiger partial charge in [0.2, 0.25) is 0 Å². The van der Waals surface area contributed by atoms with Gasteiger partial charge in [0, 0.05) is 12.3 Å². The van der Waals surface area contributed by atoms with Crippen molar-refractivity contribution in [3.63, 3.8) is 0 Å². The van der Waals surface area contributed by atoms with Crippen LogP contribution < -0.4 is 0 Å². The Balaban J connectivity index is 1.93. The summed E-state index contributed by atoms with van der Waals surface area (Å²) >= 11 is 0. The van der Waals surface area contributed by atoms with Crippen molar-refractivity contribution in [1.82, 2.24) is 0 Å². The van der Waals surface area contributed by atoms with Gasteiger partial charge in [-0.2, -0.15) is 0 Å². The molecule has 0 aromatic heterocycles. The molecule has 59 heavy (non-hydrogen) atoms. The standard InChI is InChI=1S/C35H80O14Si10/c1-50(2,25-21-23-30-27-32(36)29-33(30)37)41-52(5,6)43-54(9,10)45-56(13,14)47-58(17,18)49-59(19,20)48-57(15,16)46-55(11,12)44-53(7,8)42-51(3,4)26-22-24-31-28-34(38)40-35(31)39/h30-31H,21-29H2,1-20H3. The molecule has 1 saturated heterocycles. The molecular formula is C35H80O14Si10. The zero-order valence-electron chi connectivity index (χ0n) is 40.2. The Morgan fingerprint density at radius 1 is 0.424 bits per heavy atom. The Labute approximate surface area is 367 Å². The first-order valence-electron chi connectivity index (χ1n) is 21.2. The number of carbonyl (C=O) groups excluding carboxylic acids is 4. The molecule has 0 radical (unpaired) electrons. The third-order valence-corrected chi connectivity index (χ3v) is 48.4. The number of ketones is 2. The molecule has 0 amide bonds. The number of rotatable bonds is 26. The molecule has 2 fully saturated rings. The highest BCUT2D eigenvalue weighted by atomic mass is 28.5. The average Bonchev–Trinajstić information content (AvgIpc) is 3.39. The van der Waals surface area contributed by atoms with E-state index in [-0.39, 0.29) is 36.2 Å². The fourth-order valence-electron chi connectivity index (χ4n) is 9.10. The minimum absolute atomic E-state index is 0.0639. The maximum absolute atomic E-state index is 12.1. The van der Waals surface area contributed by atoms with Gasteiger partial charge in [-0.15, -0.1) is 0 Å². The van der Waals surface area contributed by atoms with Crippen LogP contribution in [0.3, 0.4) is 0 Å². The second-order valence-corrected chi connectivity index (χ2v) is 59.0. The molecule has 1 saturated carbocycles. The minimum atomic E-state index is -2.78. The van der Waals surface area contributed by atoms with Crippen molar-refractivity contribution in [1.29, 1.82) is 0 Å². The van der Waals surface area contributed by atoms with Crippen molar-refractivity contribution >= 4 is 109 Å². The first kappa shape index (κ1) is 55.4. The summed E-state index contributed by atoms with van der Waals surface area (Å²) < 4.78 is 65.8. The fourth-order valence-corrected chi connectivity index (χ4v) is 60.2. The van der Waals surface area contributed by atoms with Crippen molar-refractivity contribution in [2.24, 2.45) is 11.8 Å². The maximum Gasteiger partial charge on any atom is 0.317 e. The van der Waals surface area contributed by atoms with Crippen LogP contribution in [-0.4, -0.2) is 109 Å². The van der Waals surface area contributed by atoms with E-state index in [9.17, 15) is 19.2 Å². The SMILES string of the molecule is C[Si](C)(CCCC1CC(=O)CC1=O)O[Si](C)(C)O[Si](C)(C)O[Si](C)(C)O[Si](C)(C)O[Si](C)(C)O[Si](C)(C)O[Si](C)(C)O[Si](C)(C)O[Si](C)(C)CCCC1CC(=O)OC1=O. The summed E-state index contributed by atoms with van der Waals surface area (Å²) in [6.45, 7) is 41.5. The van der Waals surface area contributed by atoms with Crippen LogP contribution in [-0.2, 0) is 61.0 Å². The highest BCUT2D eigenvalue weighted by molar-refractivity contribution is 6.93. The van der Waals surface area contributed by atoms with Gasteiger partial charge < -0.3 is 41.8 Å². The largest absolute Gasteiger partial charge is 0.436 e. The predicted molar refractivity (Wildman–Crippen MR) is 255 cm³/mol. The van der Waals surface area contributed by atoms with Crippen LogP contribution in [0.2, 0.25) is 143 Å². The van der Waals surface area contributed by atoms with Gasteiger partial charge in [0.15, 0.2) is 16.6 Å². The van der Waals surface area contributed by atoms with E-state index in [0.29, 0.717) is 12.8 Å². The summed E-state index contributed by atoms with van der Waals surface area (Å²) in [6, 6.07) is 1.75. The van der Waals surface area contributed by atoms with Gasteiger partial charge in [-0.25, -0.2) is 0 Å². The molecule has 2 aliphatic rings. The molecule has 0 aromatic carbocycles. The van der Waals surface area contributed by atoms with Gasteiger partial charge in [-0.05, 0) is 156 Å². The molecule has 0 spiro atoms. The monoisotopic (exact) mass is 1000 g/mol. The Hall–Kier alpha value is 0.289. The predicted octanol–water partition coefficient (Wildman–Crippen LogP) is 9.36. The fraction of sp³-hybridized carbons (Fsp3) is 0.886. The molecule has 2 rings (SSSR count). The second kappa shape index (κ2) is 20.2. The Morgan fingerprint density at radius 3 is 0.966 bits per heavy atom. The van der Waals surface area contributed by atoms with Gasteiger partial charge in [-0.1, -0.05) is 12.8 Å². The Bertz CT molecular complexity index is 1390. The second-order valence-electron chi connectivity index (χ2n) is 21.2. The topological polar surface area (TPSA) is 161 Å². The number of ether oxygens (including phenoxy) is 1. The van der Waals surface area contributed by atoms with Crippen molar-refractivity contribution in [2.75, 3.05) is 0 Å². The molecule has 24 heteroatoms. The van der Waals surface area contributed by atoms with E-state index in [4.69, 9.17) is 41.8 Å². The number of Topliss-reactive ketones (excluding diaryl/α,β-unsaturated/α-hetero) is 2. The lowest BCUT2D eigenvalue weighted by Gasteiger charge is -2.44. The van der Waals surface area contributed by atoms with Gasteiger partial charge in [0.05, 0.1) is 18.8 Å². The third-order valence-electron chi connectivity index (χ3n) is 9.41. The van der Waals surface area contributed by atoms with E-state index < -0.39 is 97.1 Å². The zero-order chi connectivity index (χ0) is 45.9. The van der Waals surface area contributed by atoms with Crippen molar-refractivity contribution in [2.45, 2.75) is 188 Å². The quantitative estimate of drug-likeness (QED) is 0.0458. The lowest BCUT2D eigenvalue weighted by Crippen LogP contribution is -2.62. The maximum atomic E-state index is 12.1. The van der Waals surface area contributed by atoms with Crippen LogP contribution in [0.5, 0.6) is 0 Å². The molecule has 0 aromatic rings. The lowest BCUT2D eigenvalue weighted by molar-refractivity contribution is -0.153.